The zero-order valence-electron chi connectivity index (χ0n) is 14.1. The molecule has 1 saturated carbocycles. The van der Waals surface area contributed by atoms with E-state index in [1.807, 2.05) is 19.9 Å². The summed E-state index contributed by atoms with van der Waals surface area (Å²) in [6.45, 7) is 5.77. The first-order valence-corrected chi connectivity index (χ1v) is 8.16. The number of nitrogens with one attached hydrogen (secondary N) is 2. The number of hydrogen-bond donors (Lipinski definition) is 2. The van der Waals surface area contributed by atoms with E-state index in [0.29, 0.717) is 19.1 Å². The second kappa shape index (κ2) is 11.7. The van der Waals surface area contributed by atoms with Gasteiger partial charge in [0, 0.05) is 24.8 Å². The molecule has 0 bridgehead atoms. The number of carbonyl (C=O) groups is 1. The summed E-state index contributed by atoms with van der Waals surface area (Å²) in [6.07, 6.45) is 7.97. The number of rotatable bonds is 6. The van der Waals surface area contributed by atoms with Crippen molar-refractivity contribution >= 4 is 30.7 Å². The first-order chi connectivity index (χ1) is 10.1. The fourth-order valence-electron chi connectivity index (χ4n) is 2.99. The van der Waals surface area contributed by atoms with Gasteiger partial charge in [0.2, 0.25) is 5.91 Å². The molecule has 1 aliphatic carbocycles. The Morgan fingerprint density at radius 2 is 1.83 bits per heavy atom. The minimum Gasteiger partial charge on any atom is -0.353 e. The van der Waals surface area contributed by atoms with Crippen molar-refractivity contribution in [3.63, 3.8) is 0 Å². The van der Waals surface area contributed by atoms with Crippen LogP contribution in [0.15, 0.2) is 6.07 Å². The van der Waals surface area contributed by atoms with E-state index in [-0.39, 0.29) is 30.7 Å². The number of nitrogens with zero attached hydrogens (tertiary/aromatic N) is 2. The highest BCUT2D eigenvalue weighted by Gasteiger charge is 2.11. The SMILES string of the molecule is Cc1cc(C)n(CC(=O)NCCNC2CCCCCC2)n1.Cl.Cl. The molecule has 5 nitrogen and oxygen atoms in total. The smallest absolute Gasteiger partial charge is 0.241 e. The maximum Gasteiger partial charge on any atom is 0.241 e. The lowest BCUT2D eigenvalue weighted by Crippen LogP contribution is -2.38. The predicted octanol–water partition coefficient (Wildman–Crippen LogP) is 2.77. The molecule has 1 aromatic heterocycles. The summed E-state index contributed by atoms with van der Waals surface area (Å²) in [5, 5.41) is 10.8. The Hall–Kier alpha value is -0.780. The summed E-state index contributed by atoms with van der Waals surface area (Å²) in [4.78, 5) is 11.9. The van der Waals surface area contributed by atoms with E-state index in [1.54, 1.807) is 4.68 Å². The van der Waals surface area contributed by atoms with Crippen molar-refractivity contribution < 1.29 is 4.79 Å². The molecule has 0 unspecified atom stereocenters. The van der Waals surface area contributed by atoms with Gasteiger partial charge in [-0.2, -0.15) is 5.10 Å². The molecule has 1 fully saturated rings. The molecule has 1 amide bonds. The molecular formula is C16H30Cl2N4O. The Morgan fingerprint density at radius 1 is 1.17 bits per heavy atom. The van der Waals surface area contributed by atoms with Crippen LogP contribution in [0.5, 0.6) is 0 Å². The van der Waals surface area contributed by atoms with E-state index >= 15 is 0 Å². The normalized spacial score (nSPS) is 15.2. The lowest BCUT2D eigenvalue weighted by Gasteiger charge is -2.16. The van der Waals surface area contributed by atoms with Crippen LogP contribution in [-0.4, -0.2) is 34.8 Å². The maximum atomic E-state index is 11.9. The Kier molecular flexibility index (Phi) is 11.3. The van der Waals surface area contributed by atoms with Gasteiger partial charge in [-0.05, 0) is 32.8 Å². The summed E-state index contributed by atoms with van der Waals surface area (Å²) in [5.74, 6) is 0.0314. The fraction of sp³-hybridized carbons (Fsp3) is 0.750. The van der Waals surface area contributed by atoms with Crippen LogP contribution in [0, 0.1) is 13.8 Å². The summed E-state index contributed by atoms with van der Waals surface area (Å²) in [7, 11) is 0. The molecule has 0 aromatic carbocycles. The topological polar surface area (TPSA) is 59.0 Å². The third-order valence-electron chi connectivity index (χ3n) is 4.13. The van der Waals surface area contributed by atoms with Gasteiger partial charge in [-0.1, -0.05) is 25.7 Å². The van der Waals surface area contributed by atoms with Crippen LogP contribution in [0.25, 0.3) is 0 Å². The van der Waals surface area contributed by atoms with Crippen molar-refractivity contribution in [3.05, 3.63) is 17.5 Å². The lowest BCUT2D eigenvalue weighted by molar-refractivity contribution is -0.121. The van der Waals surface area contributed by atoms with Crippen LogP contribution in [-0.2, 0) is 11.3 Å². The number of aryl methyl sites for hydroxylation is 2. The van der Waals surface area contributed by atoms with Crippen LogP contribution in [0.3, 0.4) is 0 Å². The van der Waals surface area contributed by atoms with Gasteiger partial charge < -0.3 is 10.6 Å². The zero-order valence-corrected chi connectivity index (χ0v) is 15.8. The first-order valence-electron chi connectivity index (χ1n) is 8.16. The summed E-state index contributed by atoms with van der Waals surface area (Å²) in [5.41, 5.74) is 1.98. The van der Waals surface area contributed by atoms with Crippen LogP contribution in [0.2, 0.25) is 0 Å². The van der Waals surface area contributed by atoms with Gasteiger partial charge in [-0.25, -0.2) is 0 Å². The van der Waals surface area contributed by atoms with E-state index in [9.17, 15) is 4.79 Å². The largest absolute Gasteiger partial charge is 0.353 e. The fourth-order valence-corrected chi connectivity index (χ4v) is 2.99. The van der Waals surface area contributed by atoms with Crippen molar-refractivity contribution in [3.8, 4) is 0 Å². The Labute approximate surface area is 151 Å². The highest BCUT2D eigenvalue weighted by atomic mass is 35.5. The molecule has 7 heteroatoms. The van der Waals surface area contributed by atoms with Crippen molar-refractivity contribution in [2.75, 3.05) is 13.1 Å². The molecule has 2 rings (SSSR count). The lowest BCUT2D eigenvalue weighted by atomic mass is 10.1. The van der Waals surface area contributed by atoms with Crippen molar-refractivity contribution in [1.82, 2.24) is 20.4 Å². The Bertz CT molecular complexity index is 457. The van der Waals surface area contributed by atoms with E-state index in [0.717, 1.165) is 17.9 Å². The molecule has 134 valence electrons. The van der Waals surface area contributed by atoms with Crippen molar-refractivity contribution in [2.24, 2.45) is 0 Å². The highest BCUT2D eigenvalue weighted by molar-refractivity contribution is 5.85. The van der Waals surface area contributed by atoms with E-state index in [2.05, 4.69) is 15.7 Å². The molecule has 1 aromatic rings. The van der Waals surface area contributed by atoms with Gasteiger partial charge in [-0.15, -0.1) is 24.8 Å². The molecule has 0 spiro atoms. The minimum absolute atomic E-state index is 0. The predicted molar refractivity (Wildman–Crippen MR) is 98.7 cm³/mol. The van der Waals surface area contributed by atoms with E-state index in [1.165, 1.54) is 38.5 Å². The van der Waals surface area contributed by atoms with Gasteiger partial charge in [-0.3, -0.25) is 9.48 Å². The summed E-state index contributed by atoms with van der Waals surface area (Å²) >= 11 is 0. The Balaban J connectivity index is 0.00000242. The second-order valence-electron chi connectivity index (χ2n) is 6.08. The van der Waals surface area contributed by atoms with Crippen molar-refractivity contribution in [2.45, 2.75) is 65.0 Å². The first kappa shape index (κ1) is 22.2. The monoisotopic (exact) mass is 364 g/mol. The highest BCUT2D eigenvalue weighted by Crippen LogP contribution is 2.16. The molecule has 0 atom stereocenters. The quantitative estimate of drug-likeness (QED) is 0.602. The number of amides is 1. The summed E-state index contributed by atoms with van der Waals surface area (Å²) in [6, 6.07) is 2.63. The Morgan fingerprint density at radius 3 is 2.39 bits per heavy atom. The molecule has 1 heterocycles. The number of hydrogen-bond acceptors (Lipinski definition) is 3. The van der Waals surface area contributed by atoms with Crippen LogP contribution in [0.4, 0.5) is 0 Å². The van der Waals surface area contributed by atoms with Gasteiger partial charge in [0.1, 0.15) is 6.54 Å². The molecule has 0 radical (unpaired) electrons. The van der Waals surface area contributed by atoms with Crippen LogP contribution in [0.1, 0.15) is 49.9 Å². The van der Waals surface area contributed by atoms with E-state index in [4.69, 9.17) is 0 Å². The van der Waals surface area contributed by atoms with Gasteiger partial charge in [0.15, 0.2) is 0 Å². The zero-order chi connectivity index (χ0) is 15.1. The number of halogens is 2. The molecule has 0 saturated heterocycles. The average molecular weight is 365 g/mol. The molecule has 0 aliphatic heterocycles. The maximum absolute atomic E-state index is 11.9. The average Bonchev–Trinajstić information content (AvgIpc) is 2.67. The van der Waals surface area contributed by atoms with Gasteiger partial charge in [0.25, 0.3) is 0 Å². The summed E-state index contributed by atoms with van der Waals surface area (Å²) < 4.78 is 1.75. The number of aromatic nitrogens is 2. The molecule has 1 aliphatic rings. The van der Waals surface area contributed by atoms with Crippen LogP contribution >= 0.6 is 24.8 Å². The minimum atomic E-state index is 0. The van der Waals surface area contributed by atoms with Crippen LogP contribution < -0.4 is 10.6 Å². The third-order valence-corrected chi connectivity index (χ3v) is 4.13. The van der Waals surface area contributed by atoms with Gasteiger partial charge >= 0.3 is 0 Å². The molecule has 2 N–H and O–H groups in total. The standard InChI is InChI=1S/C16H28N4O.2ClH/c1-13-11-14(2)20(19-13)12-16(21)18-10-9-17-15-7-5-3-4-6-8-15;;/h11,15,17H,3-10,12H2,1-2H3,(H,18,21);2*1H. The molecular weight excluding hydrogens is 335 g/mol. The second-order valence-corrected chi connectivity index (χ2v) is 6.08. The van der Waals surface area contributed by atoms with Gasteiger partial charge in [0.05, 0.1) is 5.69 Å². The van der Waals surface area contributed by atoms with E-state index < -0.39 is 0 Å². The number of carbonyl (C=O) groups excluding carboxylic acids is 1. The van der Waals surface area contributed by atoms with Crippen molar-refractivity contribution in [1.29, 1.82) is 0 Å². The third kappa shape index (κ3) is 8.04. The molecule has 23 heavy (non-hydrogen) atoms.